The molecule has 1 aromatic heterocycles. The lowest BCUT2D eigenvalue weighted by Gasteiger charge is -2.41. The highest BCUT2D eigenvalue weighted by atomic mass is 19.1. The highest BCUT2D eigenvalue weighted by molar-refractivity contribution is 5.98. The molecule has 0 radical (unpaired) electrons. The van der Waals surface area contributed by atoms with Crippen LogP contribution in [0.1, 0.15) is 30.6 Å². The van der Waals surface area contributed by atoms with Crippen molar-refractivity contribution in [3.8, 4) is 0 Å². The molecular formula is C21H25F3N4O4. The van der Waals surface area contributed by atoms with Crippen LogP contribution in [0.25, 0.3) is 10.9 Å². The van der Waals surface area contributed by atoms with E-state index < -0.39 is 58.4 Å². The summed E-state index contributed by atoms with van der Waals surface area (Å²) in [5.41, 5.74) is -2.47. The van der Waals surface area contributed by atoms with E-state index in [1.807, 2.05) is 6.92 Å². The van der Waals surface area contributed by atoms with E-state index in [1.54, 1.807) is 14.0 Å². The predicted octanol–water partition coefficient (Wildman–Crippen LogP) is 2.53. The first-order chi connectivity index (χ1) is 15.2. The minimum Gasteiger partial charge on any atom is -0.477 e. The average molecular weight is 454 g/mol. The molecule has 2 heterocycles. The molecule has 0 bridgehead atoms. The van der Waals surface area contributed by atoms with E-state index in [2.05, 4.69) is 10.5 Å². The zero-order chi connectivity index (χ0) is 23.6. The quantitative estimate of drug-likeness (QED) is 0.625. The third-order valence-corrected chi connectivity index (χ3v) is 5.82. The van der Waals surface area contributed by atoms with E-state index in [4.69, 9.17) is 4.84 Å². The van der Waals surface area contributed by atoms with Gasteiger partial charge in [-0.25, -0.2) is 18.0 Å². The molecule has 2 aromatic rings. The number of pyridine rings is 1. The normalized spacial score (nSPS) is 20.2. The van der Waals surface area contributed by atoms with Crippen LogP contribution in [-0.4, -0.2) is 60.3 Å². The fourth-order valence-corrected chi connectivity index (χ4v) is 3.86. The number of aryl methyl sites for hydroxylation is 1. The minimum atomic E-state index is -1.56. The summed E-state index contributed by atoms with van der Waals surface area (Å²) in [6.07, 6.45) is 1.34. The third-order valence-electron chi connectivity index (χ3n) is 5.82. The molecule has 3 rings (SSSR count). The number of aromatic nitrogens is 1. The third kappa shape index (κ3) is 4.04. The molecule has 2 N–H and O–H groups in total. The lowest BCUT2D eigenvalue weighted by molar-refractivity contribution is 0.0694. The van der Waals surface area contributed by atoms with Gasteiger partial charge in [-0.05, 0) is 33.4 Å². The van der Waals surface area contributed by atoms with Crippen LogP contribution in [0.5, 0.6) is 0 Å². The molecule has 1 unspecified atom stereocenters. The van der Waals surface area contributed by atoms with Crippen molar-refractivity contribution in [2.45, 2.75) is 32.4 Å². The van der Waals surface area contributed by atoms with Crippen LogP contribution in [-0.2, 0) is 11.4 Å². The van der Waals surface area contributed by atoms with E-state index in [0.717, 1.165) is 16.8 Å². The minimum absolute atomic E-state index is 0.0528. The standard InChI is InChI=1S/C21H25F3N4O4/c1-4-32-26-15-11-27(7-5-21(15,2)25-3)18-14(23)9-12-17(16(18)24)28(8-6-22)10-13(19(12)29)20(30)31/h9-10,25H,4-8,11H2,1-3H3,(H,30,31)/b26-15+. The number of benzene rings is 1. The Morgan fingerprint density at radius 3 is 2.72 bits per heavy atom. The molecule has 0 spiro atoms. The van der Waals surface area contributed by atoms with E-state index in [0.29, 0.717) is 18.7 Å². The predicted molar refractivity (Wildman–Crippen MR) is 114 cm³/mol. The molecular weight excluding hydrogens is 429 g/mol. The number of piperidine rings is 1. The number of rotatable bonds is 7. The molecule has 1 fully saturated rings. The zero-order valence-corrected chi connectivity index (χ0v) is 18.0. The molecule has 1 aliphatic rings. The second kappa shape index (κ2) is 9.19. The van der Waals surface area contributed by atoms with Gasteiger partial charge in [-0.1, -0.05) is 5.16 Å². The Balaban J connectivity index is 2.20. The Morgan fingerprint density at radius 1 is 1.41 bits per heavy atom. The summed E-state index contributed by atoms with van der Waals surface area (Å²) in [6.45, 7) is 2.98. The summed E-state index contributed by atoms with van der Waals surface area (Å²) < 4.78 is 44.9. The van der Waals surface area contributed by atoms with Crippen LogP contribution in [0, 0.1) is 11.6 Å². The van der Waals surface area contributed by atoms with Gasteiger partial charge in [0.25, 0.3) is 0 Å². The van der Waals surface area contributed by atoms with Gasteiger partial charge >= 0.3 is 5.97 Å². The van der Waals surface area contributed by atoms with Crippen molar-refractivity contribution in [3.05, 3.63) is 39.7 Å². The zero-order valence-electron chi connectivity index (χ0n) is 18.0. The van der Waals surface area contributed by atoms with Crippen molar-refractivity contribution in [1.82, 2.24) is 9.88 Å². The number of halogens is 3. The first kappa shape index (κ1) is 23.6. The number of aromatic carboxylic acids is 1. The van der Waals surface area contributed by atoms with Crippen molar-refractivity contribution in [1.29, 1.82) is 0 Å². The van der Waals surface area contributed by atoms with Gasteiger partial charge in [0, 0.05) is 12.7 Å². The van der Waals surface area contributed by atoms with E-state index in [-0.39, 0.29) is 18.6 Å². The molecule has 1 saturated heterocycles. The van der Waals surface area contributed by atoms with Gasteiger partial charge in [0.15, 0.2) is 5.82 Å². The average Bonchev–Trinajstić information content (AvgIpc) is 2.75. The van der Waals surface area contributed by atoms with Gasteiger partial charge in [0.1, 0.15) is 30.3 Å². The number of carbonyl (C=O) groups is 1. The number of nitrogens with zero attached hydrogens (tertiary/aromatic N) is 3. The molecule has 0 saturated carbocycles. The van der Waals surface area contributed by atoms with Crippen molar-refractivity contribution >= 4 is 28.3 Å². The highest BCUT2D eigenvalue weighted by Gasteiger charge is 2.38. The Labute approximate surface area is 182 Å². The monoisotopic (exact) mass is 454 g/mol. The maximum absolute atomic E-state index is 15.7. The molecule has 0 amide bonds. The second-order valence-electron chi connectivity index (χ2n) is 7.69. The summed E-state index contributed by atoms with van der Waals surface area (Å²) in [7, 11) is 1.75. The summed E-state index contributed by atoms with van der Waals surface area (Å²) >= 11 is 0. The highest BCUT2D eigenvalue weighted by Crippen LogP contribution is 2.33. The largest absolute Gasteiger partial charge is 0.477 e. The van der Waals surface area contributed by atoms with E-state index >= 15 is 8.78 Å². The van der Waals surface area contributed by atoms with E-state index in [9.17, 15) is 19.1 Å². The Bertz CT molecular complexity index is 1130. The molecule has 1 aliphatic heterocycles. The van der Waals surface area contributed by atoms with Gasteiger partial charge in [-0.2, -0.15) is 0 Å². The van der Waals surface area contributed by atoms with Crippen LogP contribution < -0.4 is 15.6 Å². The topological polar surface area (TPSA) is 96.2 Å². The number of oxime groups is 1. The van der Waals surface area contributed by atoms with Crippen molar-refractivity contribution in [2.75, 3.05) is 38.3 Å². The fourth-order valence-electron chi connectivity index (χ4n) is 3.86. The number of hydrogen-bond donors (Lipinski definition) is 2. The number of carboxylic acid groups (broad SMARTS) is 1. The maximum atomic E-state index is 15.7. The van der Waals surface area contributed by atoms with Gasteiger partial charge in [0.2, 0.25) is 5.43 Å². The maximum Gasteiger partial charge on any atom is 0.341 e. The lowest BCUT2D eigenvalue weighted by atomic mass is 9.87. The first-order valence-corrected chi connectivity index (χ1v) is 10.2. The Kier molecular flexibility index (Phi) is 6.77. The number of carboxylic acids is 1. The number of alkyl halides is 1. The summed E-state index contributed by atoms with van der Waals surface area (Å²) in [5, 5.41) is 16.1. The molecule has 32 heavy (non-hydrogen) atoms. The Hall–Kier alpha value is -3.08. The summed E-state index contributed by atoms with van der Waals surface area (Å²) in [6, 6.07) is 0.808. The van der Waals surface area contributed by atoms with E-state index in [1.165, 1.54) is 4.90 Å². The van der Waals surface area contributed by atoms with Crippen LogP contribution >= 0.6 is 0 Å². The Morgan fingerprint density at radius 2 is 2.12 bits per heavy atom. The molecule has 1 aromatic carbocycles. The second-order valence-corrected chi connectivity index (χ2v) is 7.69. The summed E-state index contributed by atoms with van der Waals surface area (Å²) in [4.78, 5) is 30.5. The number of fused-ring (bicyclic) bond motifs is 1. The molecule has 11 heteroatoms. The molecule has 8 nitrogen and oxygen atoms in total. The van der Waals surface area contributed by atoms with Crippen LogP contribution in [0.4, 0.5) is 18.9 Å². The molecule has 0 aliphatic carbocycles. The van der Waals surface area contributed by atoms with Gasteiger partial charge in [-0.3, -0.25) is 4.79 Å². The molecule has 174 valence electrons. The summed E-state index contributed by atoms with van der Waals surface area (Å²) in [5.74, 6) is -3.65. The van der Waals surface area contributed by atoms with Gasteiger partial charge in [0.05, 0.1) is 35.2 Å². The first-order valence-electron chi connectivity index (χ1n) is 10.2. The van der Waals surface area contributed by atoms with Crippen LogP contribution in [0.15, 0.2) is 22.2 Å². The van der Waals surface area contributed by atoms with Crippen LogP contribution in [0.2, 0.25) is 0 Å². The number of anilines is 1. The van der Waals surface area contributed by atoms with Crippen molar-refractivity contribution < 1.29 is 27.9 Å². The van der Waals surface area contributed by atoms with Crippen molar-refractivity contribution in [2.24, 2.45) is 5.16 Å². The smallest absolute Gasteiger partial charge is 0.341 e. The van der Waals surface area contributed by atoms with Crippen molar-refractivity contribution in [3.63, 3.8) is 0 Å². The lowest BCUT2D eigenvalue weighted by Crippen LogP contribution is -2.58. The van der Waals surface area contributed by atoms with Crippen LogP contribution in [0.3, 0.4) is 0 Å². The van der Waals surface area contributed by atoms with Gasteiger partial charge < -0.3 is 24.7 Å². The molecule has 1 atom stereocenters. The number of nitrogens with one attached hydrogen (secondary N) is 1. The number of hydrogen-bond acceptors (Lipinski definition) is 6. The van der Waals surface area contributed by atoms with Gasteiger partial charge in [-0.15, -0.1) is 0 Å². The SMILES string of the molecule is CCO/N=C1\CN(c2c(F)cc3c(=O)c(C(=O)O)cn(CCF)c3c2F)CCC1(C)NC. The fraction of sp³-hybridized carbons (Fsp3) is 0.476.